The second-order valence-electron chi connectivity index (χ2n) is 4.08. The predicted molar refractivity (Wildman–Crippen MR) is 73.9 cm³/mol. The minimum absolute atomic E-state index is 0.0918. The average molecular weight is 256 g/mol. The highest BCUT2D eigenvalue weighted by atomic mass is 35.5. The second-order valence-corrected chi connectivity index (χ2v) is 4.49. The summed E-state index contributed by atoms with van der Waals surface area (Å²) < 4.78 is 0. The van der Waals surface area contributed by atoms with Crippen molar-refractivity contribution in [2.75, 3.05) is 0 Å². The van der Waals surface area contributed by atoms with E-state index in [4.69, 9.17) is 11.6 Å². The molecule has 0 aliphatic heterocycles. The highest BCUT2D eigenvalue weighted by molar-refractivity contribution is 6.32. The summed E-state index contributed by atoms with van der Waals surface area (Å²) in [5, 5.41) is 10.8. The Hall–Kier alpha value is -2.06. The third kappa shape index (κ3) is 1.91. The molecule has 1 aromatic heterocycles. The van der Waals surface area contributed by atoms with Gasteiger partial charge in [0.25, 0.3) is 0 Å². The molecule has 1 N–H and O–H groups in total. The summed E-state index contributed by atoms with van der Waals surface area (Å²) in [7, 11) is 0. The molecule has 3 aromatic rings. The monoisotopic (exact) mass is 255 g/mol. The lowest BCUT2D eigenvalue weighted by Crippen LogP contribution is -1.83. The Morgan fingerprint density at radius 2 is 1.78 bits per heavy atom. The van der Waals surface area contributed by atoms with Crippen molar-refractivity contribution in [1.82, 2.24) is 4.98 Å². The first-order valence-electron chi connectivity index (χ1n) is 5.58. The first-order chi connectivity index (χ1) is 8.74. The molecule has 2 nitrogen and oxygen atoms in total. The van der Waals surface area contributed by atoms with E-state index in [2.05, 4.69) is 11.1 Å². The summed E-state index contributed by atoms with van der Waals surface area (Å²) >= 11 is 5.91. The van der Waals surface area contributed by atoms with Crippen LogP contribution in [0, 0.1) is 0 Å². The SMILES string of the molecule is Oc1ccc(-c2cnc3ccccc3c2)cc1Cl. The molecular weight excluding hydrogens is 246 g/mol. The van der Waals surface area contributed by atoms with Gasteiger partial charge in [0.15, 0.2) is 0 Å². The van der Waals surface area contributed by atoms with Crippen LogP contribution in [0.3, 0.4) is 0 Å². The number of para-hydroxylation sites is 1. The molecule has 0 fully saturated rings. The van der Waals surface area contributed by atoms with Crippen molar-refractivity contribution in [3.63, 3.8) is 0 Å². The summed E-state index contributed by atoms with van der Waals surface area (Å²) in [5.74, 6) is 0.0918. The molecular formula is C15H10ClNO. The van der Waals surface area contributed by atoms with E-state index < -0.39 is 0 Å². The summed E-state index contributed by atoms with van der Waals surface area (Å²) in [6.07, 6.45) is 1.81. The maximum Gasteiger partial charge on any atom is 0.134 e. The third-order valence-corrected chi connectivity index (χ3v) is 3.17. The van der Waals surface area contributed by atoms with Crippen LogP contribution in [0.25, 0.3) is 22.0 Å². The van der Waals surface area contributed by atoms with Crippen LogP contribution < -0.4 is 0 Å². The normalized spacial score (nSPS) is 10.7. The minimum atomic E-state index is 0.0918. The summed E-state index contributed by atoms with van der Waals surface area (Å²) in [6.45, 7) is 0. The standard InChI is InChI=1S/C15H10ClNO/c16-13-8-10(5-6-15(13)18)12-7-11-3-1-2-4-14(11)17-9-12/h1-9,18H. The number of hydrogen-bond donors (Lipinski definition) is 1. The second kappa shape index (κ2) is 4.31. The first kappa shape index (κ1) is 11.1. The minimum Gasteiger partial charge on any atom is -0.506 e. The lowest BCUT2D eigenvalue weighted by atomic mass is 10.1. The number of nitrogens with zero attached hydrogens (tertiary/aromatic N) is 1. The molecule has 0 spiro atoms. The van der Waals surface area contributed by atoms with Crippen LogP contribution in [-0.2, 0) is 0 Å². The molecule has 1 heterocycles. The van der Waals surface area contributed by atoms with Crippen LogP contribution in [0.2, 0.25) is 5.02 Å². The Kier molecular flexibility index (Phi) is 2.65. The predicted octanol–water partition coefficient (Wildman–Crippen LogP) is 4.26. The molecule has 0 aliphatic carbocycles. The van der Waals surface area contributed by atoms with Crippen molar-refractivity contribution in [3.8, 4) is 16.9 Å². The van der Waals surface area contributed by atoms with E-state index in [9.17, 15) is 5.11 Å². The van der Waals surface area contributed by atoms with Crippen LogP contribution in [-0.4, -0.2) is 10.1 Å². The van der Waals surface area contributed by atoms with Gasteiger partial charge in [0.2, 0.25) is 0 Å². The van der Waals surface area contributed by atoms with Crippen LogP contribution in [0.1, 0.15) is 0 Å². The summed E-state index contributed by atoms with van der Waals surface area (Å²) in [4.78, 5) is 4.40. The molecule has 0 radical (unpaired) electrons. The van der Waals surface area contributed by atoms with Crippen LogP contribution in [0.5, 0.6) is 5.75 Å². The number of phenolic OH excluding ortho intramolecular Hbond substituents is 1. The molecule has 3 heteroatoms. The molecule has 0 saturated carbocycles. The number of fused-ring (bicyclic) bond motifs is 1. The highest BCUT2D eigenvalue weighted by Crippen LogP contribution is 2.30. The van der Waals surface area contributed by atoms with Crippen molar-refractivity contribution in [2.24, 2.45) is 0 Å². The van der Waals surface area contributed by atoms with Crippen LogP contribution in [0.4, 0.5) is 0 Å². The zero-order valence-corrected chi connectivity index (χ0v) is 10.2. The number of aromatic nitrogens is 1. The Balaban J connectivity index is 2.16. The van der Waals surface area contributed by atoms with Crippen molar-refractivity contribution >= 4 is 22.5 Å². The van der Waals surface area contributed by atoms with Gasteiger partial charge in [-0.05, 0) is 29.8 Å². The van der Waals surface area contributed by atoms with Crippen molar-refractivity contribution < 1.29 is 5.11 Å². The van der Waals surface area contributed by atoms with E-state index in [1.807, 2.05) is 36.5 Å². The van der Waals surface area contributed by atoms with E-state index in [1.54, 1.807) is 12.1 Å². The molecule has 2 aromatic carbocycles. The van der Waals surface area contributed by atoms with Crippen LogP contribution >= 0.6 is 11.6 Å². The van der Waals surface area contributed by atoms with Gasteiger partial charge >= 0.3 is 0 Å². The van der Waals surface area contributed by atoms with Gasteiger partial charge in [-0.3, -0.25) is 4.98 Å². The maximum absolute atomic E-state index is 9.41. The topological polar surface area (TPSA) is 33.1 Å². The van der Waals surface area contributed by atoms with Gasteiger partial charge in [-0.1, -0.05) is 35.9 Å². The highest BCUT2D eigenvalue weighted by Gasteiger charge is 2.04. The summed E-state index contributed by atoms with van der Waals surface area (Å²) in [5.41, 5.74) is 2.89. The Morgan fingerprint density at radius 1 is 0.944 bits per heavy atom. The van der Waals surface area contributed by atoms with E-state index >= 15 is 0 Å². The Morgan fingerprint density at radius 3 is 2.61 bits per heavy atom. The molecule has 0 saturated heterocycles. The van der Waals surface area contributed by atoms with Gasteiger partial charge < -0.3 is 5.11 Å². The number of aromatic hydroxyl groups is 1. The number of halogens is 1. The lowest BCUT2D eigenvalue weighted by Gasteiger charge is -2.05. The number of benzene rings is 2. The smallest absolute Gasteiger partial charge is 0.134 e. The molecule has 0 atom stereocenters. The van der Waals surface area contributed by atoms with Gasteiger partial charge in [-0.15, -0.1) is 0 Å². The lowest BCUT2D eigenvalue weighted by molar-refractivity contribution is 0.475. The zero-order valence-electron chi connectivity index (χ0n) is 9.47. The average Bonchev–Trinajstić information content (AvgIpc) is 2.41. The fourth-order valence-corrected chi connectivity index (χ4v) is 2.10. The molecule has 88 valence electrons. The van der Waals surface area contributed by atoms with Crippen LogP contribution in [0.15, 0.2) is 54.7 Å². The fourth-order valence-electron chi connectivity index (χ4n) is 1.92. The molecule has 18 heavy (non-hydrogen) atoms. The number of hydrogen-bond acceptors (Lipinski definition) is 2. The molecule has 0 amide bonds. The zero-order chi connectivity index (χ0) is 12.5. The first-order valence-corrected chi connectivity index (χ1v) is 5.95. The van der Waals surface area contributed by atoms with Crippen molar-refractivity contribution in [1.29, 1.82) is 0 Å². The van der Waals surface area contributed by atoms with Gasteiger partial charge in [-0.2, -0.15) is 0 Å². The Labute approximate surface area is 109 Å². The quantitative estimate of drug-likeness (QED) is 0.705. The van der Waals surface area contributed by atoms with Gasteiger partial charge in [-0.25, -0.2) is 0 Å². The summed E-state index contributed by atoms with van der Waals surface area (Å²) in [6, 6.07) is 15.2. The van der Waals surface area contributed by atoms with Gasteiger partial charge in [0.1, 0.15) is 5.75 Å². The fraction of sp³-hybridized carbons (Fsp3) is 0. The van der Waals surface area contributed by atoms with Gasteiger partial charge in [0, 0.05) is 17.1 Å². The van der Waals surface area contributed by atoms with Crippen molar-refractivity contribution in [2.45, 2.75) is 0 Å². The van der Waals surface area contributed by atoms with Crippen molar-refractivity contribution in [3.05, 3.63) is 59.8 Å². The molecule has 0 aliphatic rings. The van der Waals surface area contributed by atoms with E-state index in [0.717, 1.165) is 22.0 Å². The Bertz CT molecular complexity index is 725. The number of rotatable bonds is 1. The van der Waals surface area contributed by atoms with E-state index in [1.165, 1.54) is 0 Å². The van der Waals surface area contributed by atoms with Gasteiger partial charge in [0.05, 0.1) is 10.5 Å². The number of phenols is 1. The van der Waals surface area contributed by atoms with E-state index in [-0.39, 0.29) is 5.75 Å². The van der Waals surface area contributed by atoms with E-state index in [0.29, 0.717) is 5.02 Å². The maximum atomic E-state index is 9.41. The molecule has 3 rings (SSSR count). The largest absolute Gasteiger partial charge is 0.506 e. The molecule has 0 unspecified atom stereocenters. The third-order valence-electron chi connectivity index (χ3n) is 2.87. The number of pyridine rings is 1. The molecule has 0 bridgehead atoms.